The Hall–Kier alpha value is -2.89. The van der Waals surface area contributed by atoms with Crippen molar-refractivity contribution >= 4 is 22.4 Å². The van der Waals surface area contributed by atoms with Gasteiger partial charge in [-0.3, -0.25) is 4.79 Å². The molecule has 1 fully saturated rings. The average molecular weight is 459 g/mol. The first-order valence-corrected chi connectivity index (χ1v) is 12.2. The lowest BCUT2D eigenvalue weighted by molar-refractivity contribution is 0.0930. The Morgan fingerprint density at radius 3 is 2.15 bits per heavy atom. The van der Waals surface area contributed by atoms with E-state index in [1.54, 1.807) is 0 Å². The number of amides is 1. The third-order valence-electron chi connectivity index (χ3n) is 6.87. The molecule has 3 aromatic carbocycles. The summed E-state index contributed by atoms with van der Waals surface area (Å²) in [6.45, 7) is 5.80. The predicted octanol–water partition coefficient (Wildman–Crippen LogP) is 4.50. The first-order chi connectivity index (χ1) is 16.3. The van der Waals surface area contributed by atoms with E-state index in [-0.39, 0.29) is 11.4 Å². The SMILES string of the molecule is Cc1ccc(N(CCN(C)C)CCN(C)C)cc1C(=O)NC1(c2cccc3ccccc23)CC1. The molecule has 0 atom stereocenters. The van der Waals surface area contributed by atoms with E-state index in [1.165, 1.54) is 16.3 Å². The molecule has 34 heavy (non-hydrogen) atoms. The minimum absolute atomic E-state index is 0.0185. The minimum Gasteiger partial charge on any atom is -0.369 e. The van der Waals surface area contributed by atoms with E-state index in [9.17, 15) is 4.79 Å². The van der Waals surface area contributed by atoms with E-state index in [2.05, 4.69) is 109 Å². The Bertz CT molecular complexity index is 1130. The van der Waals surface area contributed by atoms with Gasteiger partial charge in [-0.05, 0) is 82.0 Å². The van der Waals surface area contributed by atoms with Crippen LogP contribution in [-0.4, -0.2) is 70.1 Å². The Morgan fingerprint density at radius 1 is 0.853 bits per heavy atom. The number of rotatable bonds is 10. The molecule has 0 radical (unpaired) electrons. The van der Waals surface area contributed by atoms with Crippen molar-refractivity contribution in [1.82, 2.24) is 15.1 Å². The monoisotopic (exact) mass is 458 g/mol. The first kappa shape index (κ1) is 24.2. The number of hydrogen-bond acceptors (Lipinski definition) is 4. The second-order valence-electron chi connectivity index (χ2n) is 10.2. The van der Waals surface area contributed by atoms with Crippen LogP contribution in [0.5, 0.6) is 0 Å². The third-order valence-corrected chi connectivity index (χ3v) is 6.87. The number of likely N-dealkylation sites (N-methyl/N-ethyl adjacent to an activating group) is 2. The summed E-state index contributed by atoms with van der Waals surface area (Å²) in [6, 6.07) is 21.2. The highest BCUT2D eigenvalue weighted by molar-refractivity contribution is 5.98. The Morgan fingerprint density at radius 2 is 1.50 bits per heavy atom. The van der Waals surface area contributed by atoms with E-state index < -0.39 is 0 Å². The fourth-order valence-corrected chi connectivity index (χ4v) is 4.58. The van der Waals surface area contributed by atoms with Crippen LogP contribution >= 0.6 is 0 Å². The lowest BCUT2D eigenvalue weighted by Gasteiger charge is -2.28. The summed E-state index contributed by atoms with van der Waals surface area (Å²) in [7, 11) is 8.39. The van der Waals surface area contributed by atoms with Crippen molar-refractivity contribution in [3.63, 3.8) is 0 Å². The lowest BCUT2D eigenvalue weighted by atomic mass is 9.96. The molecule has 0 aliphatic heterocycles. The number of fused-ring (bicyclic) bond motifs is 1. The highest BCUT2D eigenvalue weighted by atomic mass is 16.1. The second-order valence-corrected chi connectivity index (χ2v) is 10.2. The highest BCUT2D eigenvalue weighted by Gasteiger charge is 2.46. The number of nitrogens with zero attached hydrogens (tertiary/aromatic N) is 3. The molecule has 5 heteroatoms. The van der Waals surface area contributed by atoms with Crippen LogP contribution in [0.2, 0.25) is 0 Å². The maximum Gasteiger partial charge on any atom is 0.252 e. The van der Waals surface area contributed by atoms with Gasteiger partial charge in [0.1, 0.15) is 0 Å². The number of carbonyl (C=O) groups is 1. The summed E-state index contributed by atoms with van der Waals surface area (Å²) in [4.78, 5) is 20.4. The van der Waals surface area contributed by atoms with Gasteiger partial charge in [-0.25, -0.2) is 0 Å². The molecule has 0 saturated heterocycles. The van der Waals surface area contributed by atoms with Crippen LogP contribution in [0.4, 0.5) is 5.69 Å². The van der Waals surface area contributed by atoms with Crippen molar-refractivity contribution in [3.8, 4) is 0 Å². The van der Waals surface area contributed by atoms with Crippen LogP contribution < -0.4 is 10.2 Å². The molecule has 3 aromatic rings. The summed E-state index contributed by atoms with van der Waals surface area (Å²) in [5.41, 5.74) is 3.84. The first-order valence-electron chi connectivity index (χ1n) is 12.2. The van der Waals surface area contributed by atoms with Gasteiger partial charge in [-0.2, -0.15) is 0 Å². The number of nitrogens with one attached hydrogen (secondary N) is 1. The van der Waals surface area contributed by atoms with E-state index in [0.717, 1.165) is 55.8 Å². The normalized spacial score (nSPS) is 14.6. The van der Waals surface area contributed by atoms with Gasteiger partial charge in [-0.1, -0.05) is 48.5 Å². The van der Waals surface area contributed by atoms with Gasteiger partial charge in [0.25, 0.3) is 5.91 Å². The second kappa shape index (κ2) is 10.2. The van der Waals surface area contributed by atoms with Crippen molar-refractivity contribution in [2.75, 3.05) is 59.3 Å². The van der Waals surface area contributed by atoms with Crippen molar-refractivity contribution in [3.05, 3.63) is 77.4 Å². The Kier molecular flexibility index (Phi) is 7.24. The molecule has 0 bridgehead atoms. The summed E-state index contributed by atoms with van der Waals surface area (Å²) in [5, 5.41) is 5.87. The number of hydrogen-bond donors (Lipinski definition) is 1. The van der Waals surface area contributed by atoms with Crippen molar-refractivity contribution < 1.29 is 4.79 Å². The molecule has 0 heterocycles. The maximum absolute atomic E-state index is 13.6. The molecule has 1 aliphatic carbocycles. The van der Waals surface area contributed by atoms with Crippen LogP contribution in [0, 0.1) is 6.92 Å². The van der Waals surface area contributed by atoms with Crippen LogP contribution in [0.3, 0.4) is 0 Å². The molecule has 1 N–H and O–H groups in total. The molecule has 4 rings (SSSR count). The summed E-state index contributed by atoms with van der Waals surface area (Å²) in [5.74, 6) is 0.0185. The zero-order valence-electron chi connectivity index (χ0n) is 21.3. The summed E-state index contributed by atoms with van der Waals surface area (Å²) >= 11 is 0. The van der Waals surface area contributed by atoms with Gasteiger partial charge < -0.3 is 20.0 Å². The van der Waals surface area contributed by atoms with Crippen molar-refractivity contribution in [2.45, 2.75) is 25.3 Å². The van der Waals surface area contributed by atoms with E-state index >= 15 is 0 Å². The summed E-state index contributed by atoms with van der Waals surface area (Å²) < 4.78 is 0. The Balaban J connectivity index is 1.59. The number of anilines is 1. The van der Waals surface area contributed by atoms with E-state index in [0.29, 0.717) is 0 Å². The maximum atomic E-state index is 13.6. The Labute approximate surface area is 204 Å². The quantitative estimate of drug-likeness (QED) is 0.486. The predicted molar refractivity (Wildman–Crippen MR) is 143 cm³/mol. The number of aryl methyl sites for hydroxylation is 1. The summed E-state index contributed by atoms with van der Waals surface area (Å²) in [6.07, 6.45) is 1.95. The lowest BCUT2D eigenvalue weighted by Crippen LogP contribution is -2.37. The molecule has 180 valence electrons. The van der Waals surface area contributed by atoms with Gasteiger partial charge in [0.2, 0.25) is 0 Å². The molecule has 1 saturated carbocycles. The van der Waals surface area contributed by atoms with E-state index in [1.807, 2.05) is 6.92 Å². The van der Waals surface area contributed by atoms with E-state index in [4.69, 9.17) is 0 Å². The molecule has 5 nitrogen and oxygen atoms in total. The van der Waals surface area contributed by atoms with Crippen LogP contribution in [0.1, 0.15) is 34.3 Å². The van der Waals surface area contributed by atoms with Gasteiger partial charge in [0.15, 0.2) is 0 Å². The molecule has 0 aromatic heterocycles. The standard InChI is InChI=1S/C29H38N4O/c1-22-13-14-24(33(19-17-31(2)3)20-18-32(4)5)21-26(22)28(34)30-29(15-16-29)27-12-8-10-23-9-6-7-11-25(23)27/h6-14,21H,15-20H2,1-5H3,(H,30,34). The van der Waals surface area contributed by atoms with Gasteiger partial charge in [0.05, 0.1) is 5.54 Å². The fourth-order valence-electron chi connectivity index (χ4n) is 4.58. The van der Waals surface area contributed by atoms with Crippen molar-refractivity contribution in [1.29, 1.82) is 0 Å². The van der Waals surface area contributed by atoms with Crippen molar-refractivity contribution in [2.24, 2.45) is 0 Å². The molecular formula is C29H38N4O. The molecule has 1 aliphatic rings. The fraction of sp³-hybridized carbons (Fsp3) is 0.414. The molecule has 0 spiro atoms. The van der Waals surface area contributed by atoms with Gasteiger partial charge in [0, 0.05) is 37.4 Å². The molecular weight excluding hydrogens is 420 g/mol. The highest BCUT2D eigenvalue weighted by Crippen LogP contribution is 2.48. The van der Waals surface area contributed by atoms with Crippen LogP contribution in [0.15, 0.2) is 60.7 Å². The number of benzene rings is 3. The van der Waals surface area contributed by atoms with Gasteiger partial charge in [-0.15, -0.1) is 0 Å². The van der Waals surface area contributed by atoms with Crippen LogP contribution in [0.25, 0.3) is 10.8 Å². The zero-order valence-corrected chi connectivity index (χ0v) is 21.3. The topological polar surface area (TPSA) is 38.8 Å². The number of carbonyl (C=O) groups excluding carboxylic acids is 1. The molecule has 1 amide bonds. The largest absolute Gasteiger partial charge is 0.369 e. The van der Waals surface area contributed by atoms with Crippen LogP contribution in [-0.2, 0) is 5.54 Å². The van der Waals surface area contributed by atoms with Gasteiger partial charge >= 0.3 is 0 Å². The smallest absolute Gasteiger partial charge is 0.252 e. The third kappa shape index (κ3) is 5.43. The average Bonchev–Trinajstić information content (AvgIpc) is 3.59. The zero-order chi connectivity index (χ0) is 24.3. The molecule has 0 unspecified atom stereocenters. The minimum atomic E-state index is -0.268.